The van der Waals surface area contributed by atoms with Crippen LogP contribution < -0.4 is 9.46 Å². The molecule has 0 unspecified atom stereocenters. The van der Waals surface area contributed by atoms with Gasteiger partial charge in [-0.3, -0.25) is 0 Å². The number of hydrogen-bond acceptors (Lipinski definition) is 5. The number of hydrogen-bond donors (Lipinski definition) is 1. The molecule has 0 spiro atoms. The van der Waals surface area contributed by atoms with Gasteiger partial charge in [0.1, 0.15) is 4.90 Å². The van der Waals surface area contributed by atoms with Gasteiger partial charge in [-0.2, -0.15) is 4.98 Å². The number of aryl methyl sites for hydroxylation is 1. The Morgan fingerprint density at radius 3 is 2.62 bits per heavy atom. The summed E-state index contributed by atoms with van der Waals surface area (Å²) in [6.07, 6.45) is 0. The fourth-order valence-electron chi connectivity index (χ4n) is 1.56. The molecule has 1 aromatic heterocycles. The number of anilines is 1. The molecular weight excluding hydrogens is 382 g/mol. The number of methoxy groups -OCH3 is 1. The fourth-order valence-corrected chi connectivity index (χ4v) is 3.54. The zero-order chi connectivity index (χ0) is 15.6. The molecule has 0 saturated heterocycles. The van der Waals surface area contributed by atoms with E-state index < -0.39 is 10.0 Å². The summed E-state index contributed by atoms with van der Waals surface area (Å²) in [5, 5.41) is 0.0940. The van der Waals surface area contributed by atoms with Crippen LogP contribution in [0, 0.1) is 6.92 Å². The molecule has 6 nitrogen and oxygen atoms in total. The van der Waals surface area contributed by atoms with Crippen molar-refractivity contribution in [3.8, 4) is 5.88 Å². The summed E-state index contributed by atoms with van der Waals surface area (Å²) in [6.45, 7) is 1.70. The van der Waals surface area contributed by atoms with E-state index in [0.29, 0.717) is 10.2 Å². The van der Waals surface area contributed by atoms with Crippen LogP contribution in [0.2, 0.25) is 5.02 Å². The third kappa shape index (κ3) is 3.84. The minimum absolute atomic E-state index is 0.0589. The molecule has 1 heterocycles. The molecule has 0 bridgehead atoms. The molecule has 1 N–H and O–H groups in total. The minimum Gasteiger partial charge on any atom is -0.481 e. The van der Waals surface area contributed by atoms with E-state index in [-0.39, 0.29) is 21.7 Å². The summed E-state index contributed by atoms with van der Waals surface area (Å²) < 4.78 is 32.6. The van der Waals surface area contributed by atoms with Crippen molar-refractivity contribution in [3.05, 3.63) is 39.5 Å². The van der Waals surface area contributed by atoms with Crippen LogP contribution in [0.15, 0.2) is 33.6 Å². The largest absolute Gasteiger partial charge is 0.481 e. The number of nitrogens with zero attached hydrogens (tertiary/aromatic N) is 2. The number of nitrogens with one attached hydrogen (secondary N) is 1. The lowest BCUT2D eigenvalue weighted by Crippen LogP contribution is -2.16. The Hall–Kier alpha value is -1.38. The second-order valence-electron chi connectivity index (χ2n) is 4.06. The van der Waals surface area contributed by atoms with Gasteiger partial charge < -0.3 is 4.74 Å². The normalized spacial score (nSPS) is 11.2. The van der Waals surface area contributed by atoms with E-state index in [4.69, 9.17) is 16.3 Å². The Kier molecular flexibility index (Phi) is 4.70. The molecule has 0 fully saturated rings. The minimum atomic E-state index is -3.89. The molecule has 2 aromatic rings. The molecule has 2 rings (SSSR count). The third-order valence-electron chi connectivity index (χ3n) is 2.45. The molecule has 1 aromatic carbocycles. The van der Waals surface area contributed by atoms with Crippen LogP contribution >= 0.6 is 27.5 Å². The lowest BCUT2D eigenvalue weighted by Gasteiger charge is -2.09. The summed E-state index contributed by atoms with van der Waals surface area (Å²) in [4.78, 5) is 7.88. The molecule has 0 amide bonds. The summed E-state index contributed by atoms with van der Waals surface area (Å²) >= 11 is 9.17. The van der Waals surface area contributed by atoms with E-state index in [1.807, 2.05) is 0 Å². The van der Waals surface area contributed by atoms with Crippen molar-refractivity contribution in [1.82, 2.24) is 9.97 Å². The first-order valence-corrected chi connectivity index (χ1v) is 8.35. The van der Waals surface area contributed by atoms with Crippen molar-refractivity contribution in [2.45, 2.75) is 11.8 Å². The number of halogens is 2. The number of aromatic nitrogens is 2. The zero-order valence-corrected chi connectivity index (χ0v) is 14.3. The number of ether oxygens (including phenoxy) is 1. The van der Waals surface area contributed by atoms with Crippen LogP contribution in [0.1, 0.15) is 5.69 Å². The highest BCUT2D eigenvalue weighted by molar-refractivity contribution is 9.10. The van der Waals surface area contributed by atoms with Gasteiger partial charge in [-0.05, 0) is 25.1 Å². The number of benzene rings is 1. The number of sulfonamides is 1. The predicted molar refractivity (Wildman–Crippen MR) is 83.3 cm³/mol. The van der Waals surface area contributed by atoms with Crippen LogP contribution in [0.4, 0.5) is 5.95 Å². The lowest BCUT2D eigenvalue weighted by molar-refractivity contribution is 0.397. The van der Waals surface area contributed by atoms with Crippen LogP contribution in [0.5, 0.6) is 5.88 Å². The number of rotatable bonds is 4. The van der Waals surface area contributed by atoms with Gasteiger partial charge in [0.25, 0.3) is 10.0 Å². The molecule has 0 aliphatic heterocycles. The SMILES string of the molecule is COc1cc(C)nc(NS(=O)(=O)c2ccc(Br)cc2Cl)n1. The van der Waals surface area contributed by atoms with Crippen LogP contribution in [0.25, 0.3) is 0 Å². The summed E-state index contributed by atoms with van der Waals surface area (Å²) in [7, 11) is -2.45. The Labute approximate surface area is 135 Å². The molecule has 0 aliphatic carbocycles. The second kappa shape index (κ2) is 6.17. The Morgan fingerprint density at radius 2 is 2.00 bits per heavy atom. The van der Waals surface area contributed by atoms with E-state index in [1.165, 1.54) is 19.2 Å². The van der Waals surface area contributed by atoms with E-state index in [2.05, 4.69) is 30.6 Å². The van der Waals surface area contributed by atoms with Crippen molar-refractivity contribution in [3.63, 3.8) is 0 Å². The summed E-state index contributed by atoms with van der Waals surface area (Å²) in [5.74, 6) is 0.188. The van der Waals surface area contributed by atoms with Gasteiger partial charge >= 0.3 is 0 Å². The highest BCUT2D eigenvalue weighted by Crippen LogP contribution is 2.26. The van der Waals surface area contributed by atoms with Crippen LogP contribution in [-0.4, -0.2) is 25.5 Å². The van der Waals surface area contributed by atoms with E-state index >= 15 is 0 Å². The van der Waals surface area contributed by atoms with E-state index in [1.54, 1.807) is 19.1 Å². The molecule has 21 heavy (non-hydrogen) atoms. The quantitative estimate of drug-likeness (QED) is 0.865. The maximum Gasteiger partial charge on any atom is 0.265 e. The molecule has 0 saturated carbocycles. The maximum atomic E-state index is 12.3. The fraction of sp³-hybridized carbons (Fsp3) is 0.167. The average molecular weight is 393 g/mol. The smallest absolute Gasteiger partial charge is 0.265 e. The van der Waals surface area contributed by atoms with Gasteiger partial charge in [-0.1, -0.05) is 27.5 Å². The van der Waals surface area contributed by atoms with Crippen LogP contribution in [-0.2, 0) is 10.0 Å². The maximum absolute atomic E-state index is 12.3. The van der Waals surface area contributed by atoms with Gasteiger partial charge in [0.05, 0.1) is 12.1 Å². The topological polar surface area (TPSA) is 81.2 Å². The third-order valence-corrected chi connectivity index (χ3v) is 4.75. The van der Waals surface area contributed by atoms with Crippen molar-refractivity contribution in [1.29, 1.82) is 0 Å². The van der Waals surface area contributed by atoms with E-state index in [0.717, 1.165) is 0 Å². The summed E-state index contributed by atoms with van der Waals surface area (Å²) in [6, 6.07) is 6.05. The van der Waals surface area contributed by atoms with Crippen molar-refractivity contribution < 1.29 is 13.2 Å². The van der Waals surface area contributed by atoms with Crippen molar-refractivity contribution in [2.75, 3.05) is 11.8 Å². The Balaban J connectivity index is 2.39. The Bertz CT molecular complexity index is 783. The van der Waals surface area contributed by atoms with Gasteiger partial charge in [0, 0.05) is 16.2 Å². The highest BCUT2D eigenvalue weighted by Gasteiger charge is 2.20. The first kappa shape index (κ1) is 16.0. The molecule has 0 aliphatic rings. The van der Waals surface area contributed by atoms with Gasteiger partial charge in [0.15, 0.2) is 0 Å². The molecule has 112 valence electrons. The van der Waals surface area contributed by atoms with Crippen molar-refractivity contribution >= 4 is 43.5 Å². The highest BCUT2D eigenvalue weighted by atomic mass is 79.9. The second-order valence-corrected chi connectivity index (χ2v) is 7.03. The van der Waals surface area contributed by atoms with Gasteiger partial charge in [0.2, 0.25) is 11.8 Å². The zero-order valence-electron chi connectivity index (χ0n) is 11.1. The molecule has 9 heteroatoms. The Morgan fingerprint density at radius 1 is 1.29 bits per heavy atom. The van der Waals surface area contributed by atoms with E-state index in [9.17, 15) is 8.42 Å². The lowest BCUT2D eigenvalue weighted by atomic mass is 10.4. The van der Waals surface area contributed by atoms with Gasteiger partial charge in [-0.15, -0.1) is 0 Å². The monoisotopic (exact) mass is 391 g/mol. The summed E-state index contributed by atoms with van der Waals surface area (Å²) in [5.41, 5.74) is 0.571. The standard InChI is InChI=1S/C12H11BrClN3O3S/c1-7-5-11(20-2)16-12(15-7)17-21(18,19)10-4-3-8(13)6-9(10)14/h3-6H,1-2H3,(H,15,16,17). The first-order chi connectivity index (χ1) is 9.81. The first-order valence-electron chi connectivity index (χ1n) is 5.69. The molecule has 0 radical (unpaired) electrons. The molecule has 0 atom stereocenters. The van der Waals surface area contributed by atoms with Crippen LogP contribution in [0.3, 0.4) is 0 Å². The van der Waals surface area contributed by atoms with Gasteiger partial charge in [-0.25, -0.2) is 18.1 Å². The average Bonchev–Trinajstić information content (AvgIpc) is 2.36. The predicted octanol–water partition coefficient (Wildman–Crippen LogP) is 3.01. The molecular formula is C12H11BrClN3O3S. The van der Waals surface area contributed by atoms with Crippen molar-refractivity contribution in [2.24, 2.45) is 0 Å².